The Bertz CT molecular complexity index is 653. The van der Waals surface area contributed by atoms with Crippen LogP contribution in [0.4, 0.5) is 5.69 Å². The molecule has 98 valence electrons. The van der Waals surface area contributed by atoms with E-state index in [1.54, 1.807) is 13.0 Å². The molecule has 0 fully saturated rings. The summed E-state index contributed by atoms with van der Waals surface area (Å²) >= 11 is 9.27. The first-order valence-corrected chi connectivity index (χ1v) is 6.52. The average Bonchev–Trinajstić information content (AvgIpc) is 2.35. The number of nitrogens with zero attached hydrogens (tertiary/aromatic N) is 3. The quantitative estimate of drug-likeness (QED) is 0.468. The van der Waals surface area contributed by atoms with Gasteiger partial charge >= 0.3 is 0 Å². The molecule has 2 aromatic rings. The molecule has 0 radical (unpaired) electrons. The van der Waals surface area contributed by atoms with Gasteiger partial charge in [-0.05, 0) is 35.3 Å². The van der Waals surface area contributed by atoms with E-state index in [-0.39, 0.29) is 10.8 Å². The number of nitro benzene ring substituents is 1. The molecule has 0 bridgehead atoms. The SMILES string of the molecule is Cc1ccc([N+](=O)[O-])cc1-c1nc(C)c(Br)c(Cl)n1. The molecular formula is C12H9BrClN3O2. The Balaban J connectivity index is 2.64. The molecule has 0 spiro atoms. The van der Waals surface area contributed by atoms with Gasteiger partial charge in [0.1, 0.15) is 5.15 Å². The number of aryl methyl sites for hydroxylation is 2. The third-order valence-corrected chi connectivity index (χ3v) is 4.10. The van der Waals surface area contributed by atoms with Gasteiger partial charge in [-0.15, -0.1) is 0 Å². The highest BCUT2D eigenvalue weighted by Gasteiger charge is 2.14. The molecule has 7 heteroatoms. The van der Waals surface area contributed by atoms with Crippen LogP contribution in [0.25, 0.3) is 11.4 Å². The molecule has 0 N–H and O–H groups in total. The van der Waals surface area contributed by atoms with Gasteiger partial charge in [0.25, 0.3) is 5.69 Å². The summed E-state index contributed by atoms with van der Waals surface area (Å²) in [6, 6.07) is 4.57. The Kier molecular flexibility index (Phi) is 3.82. The molecule has 5 nitrogen and oxygen atoms in total. The zero-order chi connectivity index (χ0) is 14.2. The van der Waals surface area contributed by atoms with Crippen molar-refractivity contribution in [3.05, 3.63) is 49.2 Å². The summed E-state index contributed by atoms with van der Waals surface area (Å²) in [5.41, 5.74) is 2.14. The van der Waals surface area contributed by atoms with E-state index < -0.39 is 4.92 Å². The Morgan fingerprint density at radius 3 is 2.58 bits per heavy atom. The molecule has 0 aliphatic carbocycles. The second-order valence-corrected chi connectivity index (χ2v) is 5.14. The van der Waals surface area contributed by atoms with Crippen molar-refractivity contribution in [1.29, 1.82) is 0 Å². The van der Waals surface area contributed by atoms with E-state index in [1.165, 1.54) is 12.1 Å². The van der Waals surface area contributed by atoms with Crippen LogP contribution in [0.2, 0.25) is 5.15 Å². The van der Waals surface area contributed by atoms with Gasteiger partial charge in [0.05, 0.1) is 15.1 Å². The lowest BCUT2D eigenvalue weighted by Crippen LogP contribution is -1.97. The maximum Gasteiger partial charge on any atom is 0.270 e. The van der Waals surface area contributed by atoms with E-state index in [1.807, 2.05) is 6.92 Å². The van der Waals surface area contributed by atoms with Crippen LogP contribution in [0.1, 0.15) is 11.3 Å². The number of rotatable bonds is 2. The fourth-order valence-electron chi connectivity index (χ4n) is 1.61. The van der Waals surface area contributed by atoms with Crippen LogP contribution in [0, 0.1) is 24.0 Å². The normalized spacial score (nSPS) is 10.5. The van der Waals surface area contributed by atoms with Crippen LogP contribution in [0.5, 0.6) is 0 Å². The molecule has 0 atom stereocenters. The lowest BCUT2D eigenvalue weighted by molar-refractivity contribution is -0.384. The topological polar surface area (TPSA) is 68.9 Å². The van der Waals surface area contributed by atoms with Gasteiger partial charge in [-0.1, -0.05) is 17.7 Å². The molecule has 2 rings (SSSR count). The largest absolute Gasteiger partial charge is 0.270 e. The summed E-state index contributed by atoms with van der Waals surface area (Å²) in [6.07, 6.45) is 0. The van der Waals surface area contributed by atoms with Gasteiger partial charge in [-0.2, -0.15) is 0 Å². The van der Waals surface area contributed by atoms with E-state index in [0.717, 1.165) is 5.56 Å². The van der Waals surface area contributed by atoms with Crippen molar-refractivity contribution in [1.82, 2.24) is 9.97 Å². The molecule has 0 unspecified atom stereocenters. The second-order valence-electron chi connectivity index (χ2n) is 3.99. The minimum atomic E-state index is -0.448. The standard InChI is InChI=1S/C12H9BrClN3O2/c1-6-3-4-8(17(18)19)5-9(6)12-15-7(2)10(13)11(14)16-12/h3-5H,1-2H3. The zero-order valence-electron chi connectivity index (χ0n) is 10.1. The van der Waals surface area contributed by atoms with Gasteiger partial charge in [-0.3, -0.25) is 10.1 Å². The van der Waals surface area contributed by atoms with Crippen LogP contribution in [0.15, 0.2) is 22.7 Å². The Morgan fingerprint density at radius 2 is 2.00 bits per heavy atom. The number of halogens is 2. The van der Waals surface area contributed by atoms with E-state index in [2.05, 4.69) is 25.9 Å². The van der Waals surface area contributed by atoms with Crippen molar-refractivity contribution in [3.8, 4) is 11.4 Å². The van der Waals surface area contributed by atoms with E-state index >= 15 is 0 Å². The van der Waals surface area contributed by atoms with Crippen molar-refractivity contribution >= 4 is 33.2 Å². The number of hydrogen-bond donors (Lipinski definition) is 0. The van der Waals surface area contributed by atoms with Crippen molar-refractivity contribution in [2.45, 2.75) is 13.8 Å². The first-order chi connectivity index (χ1) is 8.90. The Hall–Kier alpha value is -1.53. The van der Waals surface area contributed by atoms with Gasteiger partial charge in [-0.25, -0.2) is 9.97 Å². The molecule has 0 saturated heterocycles. The summed E-state index contributed by atoms with van der Waals surface area (Å²) in [6.45, 7) is 3.63. The van der Waals surface area contributed by atoms with E-state index in [9.17, 15) is 10.1 Å². The monoisotopic (exact) mass is 341 g/mol. The molecule has 1 heterocycles. The first-order valence-electron chi connectivity index (χ1n) is 5.35. The van der Waals surface area contributed by atoms with Gasteiger partial charge in [0.15, 0.2) is 5.82 Å². The highest BCUT2D eigenvalue weighted by atomic mass is 79.9. The molecule has 0 aliphatic rings. The van der Waals surface area contributed by atoms with Gasteiger partial charge < -0.3 is 0 Å². The zero-order valence-corrected chi connectivity index (χ0v) is 12.5. The third-order valence-electron chi connectivity index (χ3n) is 2.65. The predicted molar refractivity (Wildman–Crippen MR) is 76.3 cm³/mol. The molecule has 0 aliphatic heterocycles. The highest BCUT2D eigenvalue weighted by molar-refractivity contribution is 9.10. The molecule has 0 saturated carbocycles. The number of nitro groups is 1. The minimum Gasteiger partial charge on any atom is -0.258 e. The Labute approximate surface area is 122 Å². The second kappa shape index (κ2) is 5.22. The minimum absolute atomic E-state index is 0.000828. The van der Waals surface area contributed by atoms with Gasteiger partial charge in [0.2, 0.25) is 0 Å². The summed E-state index contributed by atoms with van der Waals surface area (Å²) < 4.78 is 0.626. The summed E-state index contributed by atoms with van der Waals surface area (Å²) in [5.74, 6) is 0.381. The Morgan fingerprint density at radius 1 is 1.32 bits per heavy atom. The maximum absolute atomic E-state index is 10.8. The maximum atomic E-state index is 10.8. The van der Waals surface area contributed by atoms with E-state index in [0.29, 0.717) is 21.6 Å². The van der Waals surface area contributed by atoms with E-state index in [4.69, 9.17) is 11.6 Å². The average molecular weight is 343 g/mol. The number of aromatic nitrogens is 2. The molecular weight excluding hydrogens is 334 g/mol. The fourth-order valence-corrected chi connectivity index (χ4v) is 2.00. The number of non-ortho nitro benzene ring substituents is 1. The smallest absolute Gasteiger partial charge is 0.258 e. The summed E-state index contributed by atoms with van der Waals surface area (Å²) in [7, 11) is 0. The summed E-state index contributed by atoms with van der Waals surface area (Å²) in [4.78, 5) is 18.8. The predicted octanol–water partition coefficient (Wildman–Crippen LogP) is 4.08. The number of benzene rings is 1. The molecule has 0 amide bonds. The molecule has 1 aromatic heterocycles. The first kappa shape index (κ1) is 13.9. The van der Waals surface area contributed by atoms with Crippen LogP contribution in [0.3, 0.4) is 0 Å². The lowest BCUT2D eigenvalue weighted by atomic mass is 10.1. The summed E-state index contributed by atoms with van der Waals surface area (Å²) in [5, 5.41) is 11.1. The fraction of sp³-hybridized carbons (Fsp3) is 0.167. The van der Waals surface area contributed by atoms with Crippen LogP contribution in [-0.2, 0) is 0 Å². The van der Waals surface area contributed by atoms with Crippen LogP contribution >= 0.6 is 27.5 Å². The van der Waals surface area contributed by atoms with Crippen LogP contribution < -0.4 is 0 Å². The third kappa shape index (κ3) is 2.74. The molecule has 1 aromatic carbocycles. The number of hydrogen-bond acceptors (Lipinski definition) is 4. The van der Waals surface area contributed by atoms with Crippen LogP contribution in [-0.4, -0.2) is 14.9 Å². The van der Waals surface area contributed by atoms with Gasteiger partial charge in [0, 0.05) is 17.7 Å². The molecule has 19 heavy (non-hydrogen) atoms. The van der Waals surface area contributed by atoms with Crippen molar-refractivity contribution in [2.24, 2.45) is 0 Å². The highest BCUT2D eigenvalue weighted by Crippen LogP contribution is 2.29. The lowest BCUT2D eigenvalue weighted by Gasteiger charge is -2.07. The van der Waals surface area contributed by atoms with Crippen molar-refractivity contribution in [3.63, 3.8) is 0 Å². The van der Waals surface area contributed by atoms with Crippen molar-refractivity contribution in [2.75, 3.05) is 0 Å². The van der Waals surface area contributed by atoms with Crippen molar-refractivity contribution < 1.29 is 4.92 Å².